The molecule has 4 N–H and O–H groups in total. The molecule has 5 rings (SSSR count). The topological polar surface area (TPSA) is 134 Å². The van der Waals surface area contributed by atoms with Gasteiger partial charge >= 0.3 is 0 Å². The van der Waals surface area contributed by atoms with Crippen LogP contribution in [0.4, 0.5) is 0 Å². The molecular formula is C29H38N4O6. The van der Waals surface area contributed by atoms with E-state index >= 15 is 0 Å². The van der Waals surface area contributed by atoms with Crippen molar-refractivity contribution in [2.24, 2.45) is 5.73 Å². The predicted octanol–water partition coefficient (Wildman–Crippen LogP) is 1.28. The van der Waals surface area contributed by atoms with Crippen LogP contribution in [0.15, 0.2) is 28.5 Å². The Hall–Kier alpha value is -3.21. The Morgan fingerprint density at radius 1 is 1.18 bits per heavy atom. The molecule has 0 saturated carbocycles. The number of rotatable bonds is 5. The van der Waals surface area contributed by atoms with Gasteiger partial charge in [0.25, 0.3) is 0 Å². The van der Waals surface area contributed by atoms with Gasteiger partial charge in [0.15, 0.2) is 23.0 Å². The first-order valence-corrected chi connectivity index (χ1v) is 13.4. The number of methoxy groups -OCH3 is 2. The van der Waals surface area contributed by atoms with Gasteiger partial charge in [0.2, 0.25) is 11.7 Å². The van der Waals surface area contributed by atoms with Crippen LogP contribution in [0.25, 0.3) is 0 Å². The van der Waals surface area contributed by atoms with Gasteiger partial charge in [0.05, 0.1) is 32.3 Å². The van der Waals surface area contributed by atoms with Gasteiger partial charge in [-0.2, -0.15) is 0 Å². The molecule has 6 atom stereocenters. The van der Waals surface area contributed by atoms with E-state index in [1.165, 1.54) is 7.11 Å². The van der Waals surface area contributed by atoms with Gasteiger partial charge in [-0.3, -0.25) is 24.2 Å². The second-order valence-corrected chi connectivity index (χ2v) is 11.2. The van der Waals surface area contributed by atoms with Crippen molar-refractivity contribution >= 4 is 17.5 Å². The van der Waals surface area contributed by atoms with Crippen molar-refractivity contribution in [1.29, 1.82) is 0 Å². The summed E-state index contributed by atoms with van der Waals surface area (Å²) in [6.45, 7) is 7.39. The highest BCUT2D eigenvalue weighted by Gasteiger charge is 2.56. The highest BCUT2D eigenvalue weighted by molar-refractivity contribution is 6.25. The second-order valence-electron chi connectivity index (χ2n) is 11.2. The van der Waals surface area contributed by atoms with Crippen LogP contribution >= 0.6 is 0 Å². The van der Waals surface area contributed by atoms with Crippen molar-refractivity contribution in [2.45, 2.75) is 76.8 Å². The highest BCUT2D eigenvalue weighted by Crippen LogP contribution is 2.53. The number of piperazine rings is 1. The molecule has 1 saturated heterocycles. The Bertz CT molecular complexity index is 1330. The molecule has 1 fully saturated rings. The lowest BCUT2D eigenvalue weighted by Gasteiger charge is -2.61. The predicted molar refractivity (Wildman–Crippen MR) is 144 cm³/mol. The molecule has 4 aliphatic rings. The molecule has 0 aromatic heterocycles. The number of carbonyl (C=O) groups excluding carboxylic acids is 3. The zero-order chi connectivity index (χ0) is 28.5. The largest absolute Gasteiger partial charge is 0.504 e. The van der Waals surface area contributed by atoms with E-state index in [0.29, 0.717) is 29.7 Å². The number of fused-ring (bicyclic) bond motifs is 6. The maximum Gasteiger partial charge on any atom is 0.236 e. The van der Waals surface area contributed by atoms with Crippen LogP contribution < -0.4 is 15.8 Å². The molecule has 1 amide bonds. The lowest BCUT2D eigenvalue weighted by atomic mass is 9.69. The zero-order valence-corrected chi connectivity index (χ0v) is 23.6. The molecule has 2 unspecified atom stereocenters. The Morgan fingerprint density at radius 2 is 1.87 bits per heavy atom. The summed E-state index contributed by atoms with van der Waals surface area (Å²) >= 11 is 0. The van der Waals surface area contributed by atoms with Crippen molar-refractivity contribution in [1.82, 2.24) is 15.1 Å². The SMILES string of the molecule is COC1=C(C)C(=O)C2=C(C1=O)[C@H](CNC(=O)[C@H](C)N)N1[C@@H](C)C3Cc4cc(C)c(OC)c(O)c4C([C@@H]1C2)N3C. The van der Waals surface area contributed by atoms with E-state index in [0.717, 1.165) is 16.7 Å². The number of ketones is 2. The third-order valence-corrected chi connectivity index (χ3v) is 9.16. The quantitative estimate of drug-likeness (QED) is 0.474. The smallest absolute Gasteiger partial charge is 0.236 e. The van der Waals surface area contributed by atoms with Gasteiger partial charge in [0, 0.05) is 47.0 Å². The molecular weight excluding hydrogens is 500 g/mol. The number of nitrogens with one attached hydrogen (secondary N) is 1. The first-order chi connectivity index (χ1) is 18.4. The Labute approximate surface area is 228 Å². The molecule has 39 heavy (non-hydrogen) atoms. The number of phenols is 1. The molecule has 0 spiro atoms. The number of aromatic hydroxyl groups is 1. The first kappa shape index (κ1) is 27.4. The van der Waals surface area contributed by atoms with Crippen molar-refractivity contribution < 1.29 is 29.0 Å². The van der Waals surface area contributed by atoms with E-state index in [1.54, 1.807) is 21.0 Å². The van der Waals surface area contributed by atoms with Crippen molar-refractivity contribution in [3.05, 3.63) is 45.2 Å². The van der Waals surface area contributed by atoms with Crippen LogP contribution in [0.1, 0.15) is 49.9 Å². The summed E-state index contributed by atoms with van der Waals surface area (Å²) in [5.74, 6) is -0.273. The zero-order valence-electron chi connectivity index (χ0n) is 23.6. The molecule has 0 radical (unpaired) electrons. The van der Waals surface area contributed by atoms with Crippen LogP contribution in [-0.2, 0) is 25.5 Å². The number of likely N-dealkylation sites (N-methyl/N-ethyl adjacent to an activating group) is 1. The monoisotopic (exact) mass is 538 g/mol. The average Bonchev–Trinajstić information content (AvgIpc) is 2.88. The van der Waals surface area contributed by atoms with E-state index in [4.69, 9.17) is 15.2 Å². The maximum absolute atomic E-state index is 13.8. The normalized spacial score (nSPS) is 29.5. The number of benzene rings is 1. The number of nitrogens with two attached hydrogens (primary N) is 1. The molecule has 1 aliphatic carbocycles. The van der Waals surface area contributed by atoms with Crippen LogP contribution in [-0.4, -0.2) is 90.4 Å². The maximum atomic E-state index is 13.8. The lowest BCUT2D eigenvalue weighted by molar-refractivity contribution is -0.125. The van der Waals surface area contributed by atoms with E-state index in [2.05, 4.69) is 35.2 Å². The van der Waals surface area contributed by atoms with Crippen LogP contribution in [0.3, 0.4) is 0 Å². The fourth-order valence-corrected chi connectivity index (χ4v) is 7.38. The summed E-state index contributed by atoms with van der Waals surface area (Å²) in [6.07, 6.45) is 1.03. The lowest BCUT2D eigenvalue weighted by Crippen LogP contribution is -2.71. The van der Waals surface area contributed by atoms with Gasteiger partial charge in [0.1, 0.15) is 0 Å². The summed E-state index contributed by atoms with van der Waals surface area (Å²) in [5, 5.41) is 14.3. The molecule has 1 aromatic rings. The number of amides is 1. The highest BCUT2D eigenvalue weighted by atomic mass is 16.5. The number of carbonyl (C=O) groups is 3. The molecule has 10 nitrogen and oxygen atoms in total. The Kier molecular flexibility index (Phi) is 6.85. The minimum atomic E-state index is -0.720. The summed E-state index contributed by atoms with van der Waals surface area (Å²) in [5.41, 5.74) is 9.66. The Balaban J connectivity index is 1.69. The molecule has 1 aromatic carbocycles. The minimum absolute atomic E-state index is 0.0268. The number of nitrogens with zero attached hydrogens (tertiary/aromatic N) is 2. The number of allylic oxidation sites excluding steroid dienone is 2. The Morgan fingerprint density at radius 3 is 2.49 bits per heavy atom. The second kappa shape index (κ2) is 9.76. The number of hydrogen-bond acceptors (Lipinski definition) is 9. The van der Waals surface area contributed by atoms with Crippen LogP contribution in [0.2, 0.25) is 0 Å². The molecule has 10 heteroatoms. The number of Topliss-reactive ketones (excluding diaryl/α,β-unsaturated/α-hetero) is 2. The molecule has 3 aliphatic heterocycles. The van der Waals surface area contributed by atoms with Gasteiger partial charge in [-0.1, -0.05) is 6.07 Å². The third kappa shape index (κ3) is 3.91. The van der Waals surface area contributed by atoms with E-state index in [1.807, 2.05) is 6.92 Å². The third-order valence-electron chi connectivity index (χ3n) is 9.16. The fraction of sp³-hybridized carbons (Fsp3) is 0.552. The van der Waals surface area contributed by atoms with Crippen LogP contribution in [0, 0.1) is 6.92 Å². The summed E-state index contributed by atoms with van der Waals surface area (Å²) < 4.78 is 11.0. The fourth-order valence-electron chi connectivity index (χ4n) is 7.38. The van der Waals surface area contributed by atoms with Gasteiger partial charge < -0.3 is 25.6 Å². The van der Waals surface area contributed by atoms with Gasteiger partial charge in [-0.15, -0.1) is 0 Å². The summed E-state index contributed by atoms with van der Waals surface area (Å²) in [7, 11) is 4.99. The number of aryl methyl sites for hydroxylation is 1. The number of hydrogen-bond donors (Lipinski definition) is 3. The minimum Gasteiger partial charge on any atom is -0.504 e. The molecule has 2 bridgehead atoms. The van der Waals surface area contributed by atoms with Gasteiger partial charge in [-0.25, -0.2) is 0 Å². The van der Waals surface area contributed by atoms with Gasteiger partial charge in [-0.05, 0) is 58.7 Å². The van der Waals surface area contributed by atoms with Crippen molar-refractivity contribution in [2.75, 3.05) is 27.8 Å². The number of ether oxygens (including phenoxy) is 2. The van der Waals surface area contributed by atoms with E-state index in [-0.39, 0.29) is 65.3 Å². The standard InChI is InChI=1S/C29H38N4O6/c1-12-8-16-9-18-15(4)33-19(23(32(18)5)21(16)25(35)27(12)38-6)10-17-22(20(33)11-31-29(37)14(3)30)26(36)28(39-7)13(2)24(17)34/h8,14-15,18-20,23,35H,9-11,30H2,1-7H3,(H,31,37)/t14-,15-,18?,19-,20-,23?/m0/s1. The summed E-state index contributed by atoms with van der Waals surface area (Å²) in [6, 6.07) is 0.339. The average molecular weight is 539 g/mol. The molecule has 3 heterocycles. The number of phenolic OH excluding ortho intramolecular Hbond substituents is 1. The van der Waals surface area contributed by atoms with E-state index in [9.17, 15) is 19.5 Å². The van der Waals surface area contributed by atoms with E-state index < -0.39 is 12.1 Å². The van der Waals surface area contributed by atoms with Crippen molar-refractivity contribution in [3.8, 4) is 11.5 Å². The molecule has 210 valence electrons. The van der Waals surface area contributed by atoms with Crippen LogP contribution in [0.5, 0.6) is 11.5 Å². The first-order valence-electron chi connectivity index (χ1n) is 13.4. The van der Waals surface area contributed by atoms with Crippen molar-refractivity contribution in [3.63, 3.8) is 0 Å². The summed E-state index contributed by atoms with van der Waals surface area (Å²) in [4.78, 5) is 44.6.